The summed E-state index contributed by atoms with van der Waals surface area (Å²) in [6.45, 7) is 1.87. The molecule has 0 unspecified atom stereocenters. The Morgan fingerprint density at radius 1 is 1.11 bits per heavy atom. The number of aryl methyl sites for hydroxylation is 1. The molecule has 2 aromatic rings. The summed E-state index contributed by atoms with van der Waals surface area (Å²) < 4.78 is 13.5. The highest BCUT2D eigenvalue weighted by atomic mass is 35.5. The molecule has 2 rings (SSSR count). The van der Waals surface area contributed by atoms with Crippen LogP contribution in [-0.2, 0) is 0 Å². The first-order valence-electron chi connectivity index (χ1n) is 5.65. The Labute approximate surface area is 115 Å². The van der Waals surface area contributed by atoms with Crippen molar-refractivity contribution in [2.75, 3.05) is 10.6 Å². The molecule has 0 aliphatic rings. The minimum atomic E-state index is -0.576. The van der Waals surface area contributed by atoms with Crippen LogP contribution in [0.4, 0.5) is 20.6 Å². The van der Waals surface area contributed by atoms with Crippen LogP contribution in [0.2, 0.25) is 5.02 Å². The second-order valence-electron chi connectivity index (χ2n) is 3.99. The van der Waals surface area contributed by atoms with Crippen LogP contribution in [0, 0.1) is 12.7 Å². The number of rotatable bonds is 2. The second-order valence-corrected chi connectivity index (χ2v) is 4.40. The quantitative estimate of drug-likeness (QED) is 0.838. The van der Waals surface area contributed by atoms with Crippen LogP contribution in [0.5, 0.6) is 0 Å². The average Bonchev–Trinajstić information content (AvgIpc) is 2.37. The van der Waals surface area contributed by atoms with Crippen molar-refractivity contribution in [2.24, 2.45) is 0 Å². The standard InChI is InChI=1S/C14H12ClFN2O/c1-9-5-2-3-8-12(9)17-14(19)18-13-10(15)6-4-7-11(13)16/h2-8H,1H3,(H2,17,18,19). The molecule has 0 fully saturated rings. The molecule has 3 nitrogen and oxygen atoms in total. The first-order chi connectivity index (χ1) is 9.08. The highest BCUT2D eigenvalue weighted by Gasteiger charge is 2.11. The minimum absolute atomic E-state index is 0.0322. The van der Waals surface area contributed by atoms with Gasteiger partial charge in [0.25, 0.3) is 0 Å². The van der Waals surface area contributed by atoms with E-state index in [0.717, 1.165) is 5.56 Å². The van der Waals surface area contributed by atoms with Gasteiger partial charge in [0.05, 0.1) is 10.7 Å². The Morgan fingerprint density at radius 2 is 1.84 bits per heavy atom. The zero-order chi connectivity index (χ0) is 13.8. The van der Waals surface area contributed by atoms with Crippen LogP contribution in [0.25, 0.3) is 0 Å². The van der Waals surface area contributed by atoms with Gasteiger partial charge in [-0.2, -0.15) is 0 Å². The van der Waals surface area contributed by atoms with Gasteiger partial charge in [0.15, 0.2) is 0 Å². The predicted molar refractivity (Wildman–Crippen MR) is 75.2 cm³/mol. The fourth-order valence-electron chi connectivity index (χ4n) is 1.60. The molecule has 0 heterocycles. The van der Waals surface area contributed by atoms with Gasteiger partial charge in [0, 0.05) is 5.69 Å². The predicted octanol–water partition coefficient (Wildman–Crippen LogP) is 4.43. The van der Waals surface area contributed by atoms with E-state index >= 15 is 0 Å². The number of amides is 2. The van der Waals surface area contributed by atoms with Gasteiger partial charge in [-0.1, -0.05) is 35.9 Å². The number of anilines is 2. The highest BCUT2D eigenvalue weighted by molar-refractivity contribution is 6.33. The van der Waals surface area contributed by atoms with Gasteiger partial charge in [0.1, 0.15) is 5.82 Å². The van der Waals surface area contributed by atoms with E-state index in [1.54, 1.807) is 12.1 Å². The Kier molecular flexibility index (Phi) is 4.02. The monoisotopic (exact) mass is 278 g/mol. The number of benzene rings is 2. The molecule has 0 saturated heterocycles. The van der Waals surface area contributed by atoms with E-state index in [-0.39, 0.29) is 10.7 Å². The lowest BCUT2D eigenvalue weighted by Crippen LogP contribution is -2.20. The van der Waals surface area contributed by atoms with Crippen molar-refractivity contribution in [3.8, 4) is 0 Å². The molecule has 98 valence electrons. The summed E-state index contributed by atoms with van der Waals surface area (Å²) in [6, 6.07) is 11.0. The van der Waals surface area contributed by atoms with Gasteiger partial charge in [-0.15, -0.1) is 0 Å². The van der Waals surface area contributed by atoms with Gasteiger partial charge in [-0.25, -0.2) is 9.18 Å². The molecule has 0 saturated carbocycles. The number of carbonyl (C=O) groups excluding carboxylic acids is 1. The number of para-hydroxylation sites is 2. The van der Waals surface area contributed by atoms with Gasteiger partial charge in [-0.05, 0) is 30.7 Å². The van der Waals surface area contributed by atoms with Crippen molar-refractivity contribution in [2.45, 2.75) is 6.92 Å². The summed E-state index contributed by atoms with van der Waals surface area (Å²) in [7, 11) is 0. The number of halogens is 2. The number of hydrogen-bond acceptors (Lipinski definition) is 1. The van der Waals surface area contributed by atoms with Gasteiger partial charge in [0.2, 0.25) is 0 Å². The second kappa shape index (κ2) is 5.71. The minimum Gasteiger partial charge on any atom is -0.307 e. The maximum Gasteiger partial charge on any atom is 0.323 e. The number of hydrogen-bond donors (Lipinski definition) is 2. The SMILES string of the molecule is Cc1ccccc1NC(=O)Nc1c(F)cccc1Cl. The van der Waals surface area contributed by atoms with Gasteiger partial charge >= 0.3 is 6.03 Å². The number of nitrogens with one attached hydrogen (secondary N) is 2. The third-order valence-corrected chi connectivity index (χ3v) is 2.91. The lowest BCUT2D eigenvalue weighted by Gasteiger charge is -2.11. The first-order valence-corrected chi connectivity index (χ1v) is 6.03. The maximum atomic E-state index is 13.5. The van der Waals surface area contributed by atoms with Crippen molar-refractivity contribution >= 4 is 29.0 Å². The Morgan fingerprint density at radius 3 is 2.53 bits per heavy atom. The van der Waals surface area contributed by atoms with Crippen molar-refractivity contribution in [1.82, 2.24) is 0 Å². The zero-order valence-electron chi connectivity index (χ0n) is 10.2. The van der Waals surface area contributed by atoms with Crippen molar-refractivity contribution in [3.05, 3.63) is 58.9 Å². The molecule has 0 aliphatic heterocycles. The van der Waals surface area contributed by atoms with E-state index in [9.17, 15) is 9.18 Å². The van der Waals surface area contributed by atoms with Crippen molar-refractivity contribution in [3.63, 3.8) is 0 Å². The van der Waals surface area contributed by atoms with Crippen LogP contribution in [0.3, 0.4) is 0 Å². The molecule has 0 aliphatic carbocycles. The summed E-state index contributed by atoms with van der Waals surface area (Å²) >= 11 is 5.83. The van der Waals surface area contributed by atoms with E-state index in [1.807, 2.05) is 19.1 Å². The fraction of sp³-hybridized carbons (Fsp3) is 0.0714. The third-order valence-electron chi connectivity index (χ3n) is 2.59. The summed E-state index contributed by atoms with van der Waals surface area (Å²) in [5.74, 6) is -0.576. The topological polar surface area (TPSA) is 41.1 Å². The molecule has 2 aromatic carbocycles. The fourth-order valence-corrected chi connectivity index (χ4v) is 1.81. The molecular weight excluding hydrogens is 267 g/mol. The Balaban J connectivity index is 2.12. The van der Waals surface area contributed by atoms with E-state index in [2.05, 4.69) is 10.6 Å². The molecule has 5 heteroatoms. The molecule has 0 aromatic heterocycles. The number of urea groups is 1. The summed E-state index contributed by atoms with van der Waals surface area (Å²) in [6.07, 6.45) is 0. The summed E-state index contributed by atoms with van der Waals surface area (Å²) in [5, 5.41) is 5.19. The molecule has 0 bridgehead atoms. The first kappa shape index (κ1) is 13.4. The summed E-state index contributed by atoms with van der Waals surface area (Å²) in [4.78, 5) is 11.8. The Hall–Kier alpha value is -2.07. The lowest BCUT2D eigenvalue weighted by atomic mass is 10.2. The summed E-state index contributed by atoms with van der Waals surface area (Å²) in [5.41, 5.74) is 1.54. The lowest BCUT2D eigenvalue weighted by molar-refractivity contribution is 0.262. The van der Waals surface area contributed by atoms with Crippen LogP contribution in [-0.4, -0.2) is 6.03 Å². The van der Waals surface area contributed by atoms with E-state index in [0.29, 0.717) is 5.69 Å². The van der Waals surface area contributed by atoms with E-state index in [1.165, 1.54) is 18.2 Å². The van der Waals surface area contributed by atoms with Crippen LogP contribution < -0.4 is 10.6 Å². The highest BCUT2D eigenvalue weighted by Crippen LogP contribution is 2.24. The third kappa shape index (κ3) is 3.23. The van der Waals surface area contributed by atoms with Crippen LogP contribution in [0.15, 0.2) is 42.5 Å². The smallest absolute Gasteiger partial charge is 0.307 e. The molecular formula is C14H12ClFN2O. The molecule has 0 spiro atoms. The zero-order valence-corrected chi connectivity index (χ0v) is 11.0. The largest absolute Gasteiger partial charge is 0.323 e. The normalized spacial score (nSPS) is 10.1. The van der Waals surface area contributed by atoms with Gasteiger partial charge in [-0.3, -0.25) is 0 Å². The van der Waals surface area contributed by atoms with Gasteiger partial charge < -0.3 is 10.6 Å². The van der Waals surface area contributed by atoms with Crippen molar-refractivity contribution in [1.29, 1.82) is 0 Å². The van der Waals surface area contributed by atoms with Crippen LogP contribution >= 0.6 is 11.6 Å². The van der Waals surface area contributed by atoms with E-state index in [4.69, 9.17) is 11.6 Å². The maximum absolute atomic E-state index is 13.5. The molecule has 2 amide bonds. The van der Waals surface area contributed by atoms with E-state index < -0.39 is 11.8 Å². The molecule has 19 heavy (non-hydrogen) atoms. The number of carbonyl (C=O) groups is 1. The van der Waals surface area contributed by atoms with Crippen LogP contribution in [0.1, 0.15) is 5.56 Å². The molecule has 0 radical (unpaired) electrons. The molecule has 0 atom stereocenters. The Bertz CT molecular complexity index is 596. The molecule has 2 N–H and O–H groups in total. The van der Waals surface area contributed by atoms with Crippen molar-refractivity contribution < 1.29 is 9.18 Å². The average molecular weight is 279 g/mol.